The highest BCUT2D eigenvalue weighted by Gasteiger charge is 2.21. The number of ether oxygens (including phenoxy) is 1. The van der Waals surface area contributed by atoms with Crippen molar-refractivity contribution >= 4 is 6.08 Å². The fraction of sp³-hybridized carbons (Fsp3) is 0.474. The van der Waals surface area contributed by atoms with Crippen molar-refractivity contribution in [2.45, 2.75) is 32.4 Å². The molecule has 0 spiro atoms. The molecule has 2 aliphatic rings. The van der Waals surface area contributed by atoms with Crippen LogP contribution < -0.4 is 10.1 Å². The zero-order chi connectivity index (χ0) is 17.1. The van der Waals surface area contributed by atoms with Crippen LogP contribution in [0, 0.1) is 6.92 Å². The molecule has 1 aromatic carbocycles. The summed E-state index contributed by atoms with van der Waals surface area (Å²) in [6, 6.07) is 8.67. The normalized spacial score (nSPS) is 20.7. The summed E-state index contributed by atoms with van der Waals surface area (Å²) >= 11 is 0. The van der Waals surface area contributed by atoms with Gasteiger partial charge in [-0.1, -0.05) is 23.4 Å². The van der Waals surface area contributed by atoms with Gasteiger partial charge in [0.05, 0.1) is 6.54 Å². The molecule has 6 nitrogen and oxygen atoms in total. The third kappa shape index (κ3) is 4.08. The molecule has 1 unspecified atom stereocenters. The van der Waals surface area contributed by atoms with E-state index in [4.69, 9.17) is 9.26 Å². The van der Waals surface area contributed by atoms with Crippen LogP contribution in [0.4, 0.5) is 0 Å². The Bertz CT molecular complexity index is 755. The predicted octanol–water partition coefficient (Wildman–Crippen LogP) is 2.41. The molecule has 2 aromatic rings. The van der Waals surface area contributed by atoms with Crippen LogP contribution in [0.5, 0.6) is 5.75 Å². The third-order valence-corrected chi connectivity index (χ3v) is 4.75. The van der Waals surface area contributed by atoms with Gasteiger partial charge in [-0.3, -0.25) is 4.90 Å². The van der Waals surface area contributed by atoms with Gasteiger partial charge in [0.2, 0.25) is 5.89 Å². The number of aromatic nitrogens is 2. The molecule has 25 heavy (non-hydrogen) atoms. The molecule has 132 valence electrons. The number of nitrogens with one attached hydrogen (secondary N) is 1. The van der Waals surface area contributed by atoms with E-state index in [1.54, 1.807) is 0 Å². The number of rotatable bonds is 5. The lowest BCUT2D eigenvalue weighted by Gasteiger charge is -2.33. The molecular weight excluding hydrogens is 316 g/mol. The molecule has 3 heterocycles. The van der Waals surface area contributed by atoms with Crippen molar-refractivity contribution in [3.63, 3.8) is 0 Å². The second-order valence-electron chi connectivity index (χ2n) is 6.81. The van der Waals surface area contributed by atoms with E-state index >= 15 is 0 Å². The quantitative estimate of drug-likeness (QED) is 0.902. The van der Waals surface area contributed by atoms with Crippen molar-refractivity contribution in [3.05, 3.63) is 47.1 Å². The summed E-state index contributed by atoms with van der Waals surface area (Å²) in [5.74, 6) is 2.38. The molecule has 1 N–H and O–H groups in total. The molecular formula is C19H24N4O2. The number of likely N-dealkylation sites (tertiary alicyclic amines) is 1. The Morgan fingerprint density at radius 2 is 2.24 bits per heavy atom. The van der Waals surface area contributed by atoms with Crippen LogP contribution in [-0.2, 0) is 6.54 Å². The van der Waals surface area contributed by atoms with Gasteiger partial charge in [-0.15, -0.1) is 0 Å². The van der Waals surface area contributed by atoms with Crippen LogP contribution in [0.2, 0.25) is 0 Å². The van der Waals surface area contributed by atoms with E-state index in [0.717, 1.165) is 37.8 Å². The summed E-state index contributed by atoms with van der Waals surface area (Å²) in [6.45, 7) is 6.23. The second-order valence-corrected chi connectivity index (χ2v) is 6.81. The Hall–Kier alpha value is -2.18. The van der Waals surface area contributed by atoms with Gasteiger partial charge in [0.15, 0.2) is 5.82 Å². The molecule has 0 aliphatic carbocycles. The number of nitrogens with zero attached hydrogens (tertiary/aromatic N) is 3. The first-order chi connectivity index (χ1) is 12.3. The van der Waals surface area contributed by atoms with Gasteiger partial charge in [0, 0.05) is 31.6 Å². The van der Waals surface area contributed by atoms with Gasteiger partial charge < -0.3 is 14.6 Å². The third-order valence-electron chi connectivity index (χ3n) is 4.75. The lowest BCUT2D eigenvalue weighted by atomic mass is 10.0. The van der Waals surface area contributed by atoms with Crippen molar-refractivity contribution in [2.24, 2.45) is 0 Å². The van der Waals surface area contributed by atoms with E-state index in [2.05, 4.69) is 32.5 Å². The fourth-order valence-corrected chi connectivity index (χ4v) is 3.51. The Morgan fingerprint density at radius 1 is 1.32 bits per heavy atom. The van der Waals surface area contributed by atoms with Gasteiger partial charge in [-0.2, -0.15) is 4.98 Å². The Labute approximate surface area is 147 Å². The topological polar surface area (TPSA) is 63.4 Å². The van der Waals surface area contributed by atoms with Gasteiger partial charge in [0.1, 0.15) is 12.4 Å². The summed E-state index contributed by atoms with van der Waals surface area (Å²) in [4.78, 5) is 6.70. The first-order valence-corrected chi connectivity index (χ1v) is 8.92. The molecule has 1 atom stereocenters. The van der Waals surface area contributed by atoms with Crippen LogP contribution in [0.25, 0.3) is 6.08 Å². The zero-order valence-electron chi connectivity index (χ0n) is 14.6. The fourth-order valence-electron chi connectivity index (χ4n) is 3.51. The molecule has 1 saturated heterocycles. The highest BCUT2D eigenvalue weighted by molar-refractivity contribution is 5.62. The molecule has 0 radical (unpaired) electrons. The van der Waals surface area contributed by atoms with E-state index in [-0.39, 0.29) is 0 Å². The van der Waals surface area contributed by atoms with E-state index < -0.39 is 0 Å². The van der Waals surface area contributed by atoms with Crippen molar-refractivity contribution in [1.29, 1.82) is 0 Å². The number of hydrogen-bond donors (Lipinski definition) is 1. The lowest BCUT2D eigenvalue weighted by molar-refractivity contribution is 0.179. The van der Waals surface area contributed by atoms with Crippen LogP contribution in [-0.4, -0.2) is 47.3 Å². The van der Waals surface area contributed by atoms with Gasteiger partial charge >= 0.3 is 0 Å². The largest absolute Gasteiger partial charge is 0.489 e. The Kier molecular flexibility index (Phi) is 4.81. The highest BCUT2D eigenvalue weighted by Crippen LogP contribution is 2.25. The maximum atomic E-state index is 5.83. The average molecular weight is 340 g/mol. The Morgan fingerprint density at radius 3 is 3.12 bits per heavy atom. The molecule has 0 bridgehead atoms. The monoisotopic (exact) mass is 340 g/mol. The molecule has 2 aliphatic heterocycles. The molecule has 0 saturated carbocycles. The van der Waals surface area contributed by atoms with Crippen molar-refractivity contribution in [2.75, 3.05) is 26.2 Å². The van der Waals surface area contributed by atoms with Crippen LogP contribution in [0.15, 0.2) is 34.4 Å². The van der Waals surface area contributed by atoms with E-state index in [9.17, 15) is 0 Å². The SMILES string of the molecule is Cc1nc(CN2CCCC(NCC3=Cc4ccccc4OC3)C2)no1. The molecule has 4 rings (SSSR count). The molecule has 6 heteroatoms. The van der Waals surface area contributed by atoms with Gasteiger partial charge in [-0.05, 0) is 37.1 Å². The lowest BCUT2D eigenvalue weighted by Crippen LogP contribution is -2.46. The van der Waals surface area contributed by atoms with Crippen molar-refractivity contribution < 1.29 is 9.26 Å². The smallest absolute Gasteiger partial charge is 0.223 e. The number of fused-ring (bicyclic) bond motifs is 1. The molecule has 1 aromatic heterocycles. The minimum atomic E-state index is 0.486. The summed E-state index contributed by atoms with van der Waals surface area (Å²) in [6.07, 6.45) is 4.63. The van der Waals surface area contributed by atoms with Gasteiger partial charge in [0.25, 0.3) is 0 Å². The average Bonchev–Trinajstić information content (AvgIpc) is 3.05. The highest BCUT2D eigenvalue weighted by atomic mass is 16.5. The summed E-state index contributed by atoms with van der Waals surface area (Å²) in [5.41, 5.74) is 2.47. The van der Waals surface area contributed by atoms with Crippen LogP contribution in [0.1, 0.15) is 30.1 Å². The summed E-state index contributed by atoms with van der Waals surface area (Å²) < 4.78 is 10.9. The second kappa shape index (κ2) is 7.37. The summed E-state index contributed by atoms with van der Waals surface area (Å²) in [7, 11) is 0. The van der Waals surface area contributed by atoms with Gasteiger partial charge in [-0.25, -0.2) is 0 Å². The van der Waals surface area contributed by atoms with Crippen molar-refractivity contribution in [3.8, 4) is 5.75 Å². The maximum Gasteiger partial charge on any atom is 0.223 e. The van der Waals surface area contributed by atoms with Crippen molar-refractivity contribution in [1.82, 2.24) is 20.4 Å². The standard InChI is InChI=1S/C19H24N4O2/c1-14-21-19(22-25-14)12-23-8-4-6-17(11-23)20-10-15-9-16-5-2-3-7-18(16)24-13-15/h2-3,5,7,9,17,20H,4,6,8,10-13H2,1H3. The number of aryl methyl sites for hydroxylation is 1. The number of benzene rings is 1. The minimum Gasteiger partial charge on any atom is -0.489 e. The zero-order valence-corrected chi connectivity index (χ0v) is 14.6. The van der Waals surface area contributed by atoms with Crippen LogP contribution >= 0.6 is 0 Å². The van der Waals surface area contributed by atoms with Crippen LogP contribution in [0.3, 0.4) is 0 Å². The first kappa shape index (κ1) is 16.3. The van der Waals surface area contributed by atoms with E-state index in [1.165, 1.54) is 24.0 Å². The number of para-hydroxylation sites is 1. The maximum absolute atomic E-state index is 5.83. The Balaban J connectivity index is 1.30. The molecule has 1 fully saturated rings. The number of hydrogen-bond acceptors (Lipinski definition) is 6. The minimum absolute atomic E-state index is 0.486. The predicted molar refractivity (Wildman–Crippen MR) is 95.3 cm³/mol. The van der Waals surface area contributed by atoms with E-state index in [0.29, 0.717) is 18.5 Å². The summed E-state index contributed by atoms with van der Waals surface area (Å²) in [5, 5.41) is 7.69. The molecule has 0 amide bonds. The first-order valence-electron chi connectivity index (χ1n) is 8.92. The van der Waals surface area contributed by atoms with E-state index in [1.807, 2.05) is 25.1 Å². The number of piperidine rings is 1.